The zero-order chi connectivity index (χ0) is 13.1. The van der Waals surface area contributed by atoms with Crippen LogP contribution in [-0.4, -0.2) is 11.1 Å². The highest BCUT2D eigenvalue weighted by Crippen LogP contribution is 2.21. The third kappa shape index (κ3) is 2.63. The number of carboxylic acid groups (broad SMARTS) is 1. The summed E-state index contributed by atoms with van der Waals surface area (Å²) in [5.74, 6) is -2.18. The lowest BCUT2D eigenvalue weighted by Crippen LogP contribution is -1.98. The van der Waals surface area contributed by atoms with Crippen molar-refractivity contribution in [1.82, 2.24) is 0 Å². The molecule has 0 amide bonds. The number of halogens is 2. The lowest BCUT2D eigenvalue weighted by Gasteiger charge is -2.07. The van der Waals surface area contributed by atoms with Gasteiger partial charge in [0, 0.05) is 11.8 Å². The Balaban J connectivity index is 2.23. The number of aromatic carboxylic acids is 1. The summed E-state index contributed by atoms with van der Waals surface area (Å²) in [6.07, 6.45) is 0. The number of benzene rings is 2. The van der Waals surface area contributed by atoms with Crippen molar-refractivity contribution >= 4 is 17.3 Å². The normalized spacial score (nSPS) is 10.1. The van der Waals surface area contributed by atoms with E-state index in [4.69, 9.17) is 5.11 Å². The minimum atomic E-state index is -1.04. The number of hydrogen-bond acceptors (Lipinski definition) is 2. The maximum Gasteiger partial charge on any atom is 0.335 e. The van der Waals surface area contributed by atoms with Gasteiger partial charge in [-0.25, -0.2) is 13.6 Å². The van der Waals surface area contributed by atoms with Crippen molar-refractivity contribution in [2.75, 3.05) is 5.32 Å². The Labute approximate surface area is 102 Å². The van der Waals surface area contributed by atoms with Crippen molar-refractivity contribution in [1.29, 1.82) is 0 Å². The van der Waals surface area contributed by atoms with Gasteiger partial charge < -0.3 is 10.4 Å². The average Bonchev–Trinajstić information content (AvgIpc) is 2.34. The van der Waals surface area contributed by atoms with Crippen LogP contribution >= 0.6 is 0 Å². The van der Waals surface area contributed by atoms with Crippen molar-refractivity contribution in [3.63, 3.8) is 0 Å². The van der Waals surface area contributed by atoms with E-state index in [0.29, 0.717) is 5.69 Å². The molecule has 92 valence electrons. The van der Waals surface area contributed by atoms with E-state index in [1.807, 2.05) is 0 Å². The van der Waals surface area contributed by atoms with Gasteiger partial charge in [0.1, 0.15) is 11.6 Å². The summed E-state index contributed by atoms with van der Waals surface area (Å²) in [4.78, 5) is 10.6. The summed E-state index contributed by atoms with van der Waals surface area (Å²) >= 11 is 0. The van der Waals surface area contributed by atoms with Gasteiger partial charge in [-0.05, 0) is 36.4 Å². The second kappa shape index (κ2) is 4.83. The van der Waals surface area contributed by atoms with Gasteiger partial charge in [0.15, 0.2) is 0 Å². The van der Waals surface area contributed by atoms with Crippen LogP contribution in [-0.2, 0) is 0 Å². The van der Waals surface area contributed by atoms with Crippen molar-refractivity contribution < 1.29 is 18.7 Å². The molecule has 0 spiro atoms. The highest BCUT2D eigenvalue weighted by Gasteiger charge is 2.05. The molecule has 0 atom stereocenters. The quantitative estimate of drug-likeness (QED) is 0.876. The molecule has 0 heterocycles. The first kappa shape index (κ1) is 12.0. The number of anilines is 2. The Morgan fingerprint density at radius 3 is 2.33 bits per heavy atom. The van der Waals surface area contributed by atoms with Crippen LogP contribution in [0.2, 0.25) is 0 Å². The average molecular weight is 249 g/mol. The molecule has 0 bridgehead atoms. The van der Waals surface area contributed by atoms with E-state index >= 15 is 0 Å². The second-order valence-corrected chi connectivity index (χ2v) is 3.63. The Morgan fingerprint density at radius 2 is 1.72 bits per heavy atom. The summed E-state index contributed by atoms with van der Waals surface area (Å²) in [5, 5.41) is 11.4. The van der Waals surface area contributed by atoms with Crippen molar-refractivity contribution in [2.45, 2.75) is 0 Å². The molecule has 18 heavy (non-hydrogen) atoms. The zero-order valence-electron chi connectivity index (χ0n) is 9.15. The molecule has 0 saturated carbocycles. The lowest BCUT2D eigenvalue weighted by molar-refractivity contribution is 0.0697. The monoisotopic (exact) mass is 249 g/mol. The molecule has 0 fully saturated rings. The summed E-state index contributed by atoms with van der Waals surface area (Å²) in [6, 6.07) is 8.78. The van der Waals surface area contributed by atoms with Crippen LogP contribution < -0.4 is 5.32 Å². The molecule has 2 aromatic carbocycles. The minimum absolute atomic E-state index is 0.00178. The predicted molar refractivity (Wildman–Crippen MR) is 63.0 cm³/mol. The van der Waals surface area contributed by atoms with Gasteiger partial charge in [-0.2, -0.15) is 0 Å². The maximum absolute atomic E-state index is 13.3. The summed E-state index contributed by atoms with van der Waals surface area (Å²) in [6.45, 7) is 0. The summed E-state index contributed by atoms with van der Waals surface area (Å²) in [5.41, 5.74) is 0.600. The number of carbonyl (C=O) groups is 1. The smallest absolute Gasteiger partial charge is 0.335 e. The van der Waals surface area contributed by atoms with Crippen molar-refractivity contribution in [3.8, 4) is 0 Å². The second-order valence-electron chi connectivity index (χ2n) is 3.63. The predicted octanol–water partition coefficient (Wildman–Crippen LogP) is 3.41. The molecule has 2 aromatic rings. The molecule has 0 aliphatic carbocycles. The number of hydrogen-bond donors (Lipinski definition) is 2. The first-order valence-corrected chi connectivity index (χ1v) is 5.12. The fourth-order valence-corrected chi connectivity index (χ4v) is 1.44. The number of carboxylic acids is 1. The van der Waals surface area contributed by atoms with Gasteiger partial charge in [0.25, 0.3) is 0 Å². The molecule has 0 aliphatic heterocycles. The molecule has 0 aromatic heterocycles. The summed E-state index contributed by atoms with van der Waals surface area (Å²) in [7, 11) is 0. The van der Waals surface area contributed by atoms with Crippen LogP contribution in [0.5, 0.6) is 0 Å². The van der Waals surface area contributed by atoms with Gasteiger partial charge in [0.2, 0.25) is 0 Å². The molecule has 0 aliphatic rings. The first-order valence-electron chi connectivity index (χ1n) is 5.12. The Morgan fingerprint density at radius 1 is 1.06 bits per heavy atom. The molecule has 2 rings (SSSR count). The molecule has 0 radical (unpaired) electrons. The van der Waals surface area contributed by atoms with E-state index < -0.39 is 17.6 Å². The van der Waals surface area contributed by atoms with Gasteiger partial charge in [0.05, 0.1) is 11.3 Å². The fraction of sp³-hybridized carbons (Fsp3) is 0. The molecule has 0 unspecified atom stereocenters. The largest absolute Gasteiger partial charge is 0.478 e. The lowest BCUT2D eigenvalue weighted by atomic mass is 10.2. The van der Waals surface area contributed by atoms with Crippen molar-refractivity contribution in [3.05, 3.63) is 59.7 Å². The Bertz CT molecular complexity index is 582. The minimum Gasteiger partial charge on any atom is -0.478 e. The molecule has 2 N–H and O–H groups in total. The van der Waals surface area contributed by atoms with Crippen LogP contribution in [0.3, 0.4) is 0 Å². The van der Waals surface area contributed by atoms with Crippen LogP contribution in [0.25, 0.3) is 0 Å². The Hall–Kier alpha value is -2.43. The third-order valence-electron chi connectivity index (χ3n) is 2.34. The van der Waals surface area contributed by atoms with Crippen molar-refractivity contribution in [2.24, 2.45) is 0 Å². The van der Waals surface area contributed by atoms with Gasteiger partial charge in [-0.15, -0.1) is 0 Å². The Kier molecular flexibility index (Phi) is 3.23. The SMILES string of the molecule is O=C(O)c1ccc(Nc2cc(F)ccc2F)cc1. The van der Waals surface area contributed by atoms with Gasteiger partial charge in [-0.1, -0.05) is 0 Å². The topological polar surface area (TPSA) is 49.3 Å². The number of nitrogens with one attached hydrogen (secondary N) is 1. The van der Waals surface area contributed by atoms with Crippen LogP contribution in [0.1, 0.15) is 10.4 Å². The standard InChI is InChI=1S/C13H9F2NO2/c14-9-3-6-11(15)12(7-9)16-10-4-1-8(2-5-10)13(17)18/h1-7,16H,(H,17,18). The molecule has 5 heteroatoms. The highest BCUT2D eigenvalue weighted by atomic mass is 19.1. The molecular formula is C13H9F2NO2. The molecule has 0 saturated heterocycles. The fourth-order valence-electron chi connectivity index (χ4n) is 1.44. The number of rotatable bonds is 3. The maximum atomic E-state index is 13.3. The van der Waals surface area contributed by atoms with E-state index in [-0.39, 0.29) is 11.3 Å². The van der Waals surface area contributed by atoms with E-state index in [1.165, 1.54) is 24.3 Å². The van der Waals surface area contributed by atoms with E-state index in [9.17, 15) is 13.6 Å². The van der Waals surface area contributed by atoms with E-state index in [2.05, 4.69) is 5.32 Å². The van der Waals surface area contributed by atoms with Crippen LogP contribution in [0, 0.1) is 11.6 Å². The molecule has 3 nitrogen and oxygen atoms in total. The van der Waals surface area contributed by atoms with E-state index in [0.717, 1.165) is 18.2 Å². The zero-order valence-corrected chi connectivity index (χ0v) is 9.15. The first-order chi connectivity index (χ1) is 8.56. The highest BCUT2D eigenvalue weighted by molar-refractivity contribution is 5.88. The van der Waals surface area contributed by atoms with Gasteiger partial charge >= 0.3 is 5.97 Å². The third-order valence-corrected chi connectivity index (χ3v) is 2.34. The molecular weight excluding hydrogens is 240 g/mol. The summed E-state index contributed by atoms with van der Waals surface area (Å²) < 4.78 is 26.3. The van der Waals surface area contributed by atoms with Crippen LogP contribution in [0.15, 0.2) is 42.5 Å². The van der Waals surface area contributed by atoms with Crippen LogP contribution in [0.4, 0.5) is 20.2 Å². The van der Waals surface area contributed by atoms with Gasteiger partial charge in [-0.3, -0.25) is 0 Å². The van der Waals surface area contributed by atoms with E-state index in [1.54, 1.807) is 0 Å².